The molecule has 10 heteroatoms. The van der Waals surface area contributed by atoms with Crippen LogP contribution in [-0.2, 0) is 14.8 Å². The molecule has 33 heavy (non-hydrogen) atoms. The Morgan fingerprint density at radius 1 is 0.970 bits per heavy atom. The van der Waals surface area contributed by atoms with Crippen molar-refractivity contribution >= 4 is 62.1 Å². The smallest absolute Gasteiger partial charge is 0.268 e. The minimum absolute atomic E-state index is 0.0773. The lowest BCUT2D eigenvalue weighted by atomic mass is 10.2. The number of ether oxygens (including phenoxy) is 1. The number of nitrogens with one attached hydrogen (secondary N) is 1. The molecule has 3 aromatic carbocycles. The summed E-state index contributed by atoms with van der Waals surface area (Å²) in [7, 11) is -2.85. The second-order valence-electron chi connectivity index (χ2n) is 7.27. The van der Waals surface area contributed by atoms with Gasteiger partial charge in [0.05, 0.1) is 22.8 Å². The Hall–Kier alpha value is -2.45. The van der Waals surface area contributed by atoms with Gasteiger partial charge >= 0.3 is 0 Å². The average molecular weight is 528 g/mol. The van der Waals surface area contributed by atoms with Gasteiger partial charge in [-0.25, -0.2) is 8.42 Å². The third-order valence-electron chi connectivity index (χ3n) is 4.83. The molecule has 0 saturated heterocycles. The van der Waals surface area contributed by atoms with E-state index in [-0.39, 0.29) is 26.4 Å². The van der Waals surface area contributed by atoms with Crippen LogP contribution in [0.2, 0.25) is 15.1 Å². The molecule has 0 aromatic heterocycles. The molecule has 0 bridgehead atoms. The zero-order valence-electron chi connectivity index (χ0n) is 18.0. The van der Waals surface area contributed by atoms with Gasteiger partial charge in [0.15, 0.2) is 0 Å². The second-order valence-corrected chi connectivity index (χ2v) is 10.4. The van der Waals surface area contributed by atoms with Crippen LogP contribution in [0.4, 0.5) is 11.4 Å². The number of halogens is 3. The van der Waals surface area contributed by atoms with Crippen LogP contribution in [0.1, 0.15) is 11.1 Å². The summed E-state index contributed by atoms with van der Waals surface area (Å²) < 4.78 is 33.7. The number of methoxy groups -OCH3 is 1. The van der Waals surface area contributed by atoms with Crippen molar-refractivity contribution in [1.82, 2.24) is 0 Å². The summed E-state index contributed by atoms with van der Waals surface area (Å²) in [6.07, 6.45) is 0. The van der Waals surface area contributed by atoms with Gasteiger partial charge in [-0.1, -0.05) is 40.9 Å². The monoisotopic (exact) mass is 526 g/mol. The second kappa shape index (κ2) is 10.2. The molecule has 0 saturated carbocycles. The highest BCUT2D eigenvalue weighted by molar-refractivity contribution is 7.93. The third-order valence-corrected chi connectivity index (χ3v) is 7.60. The molecule has 174 valence electrons. The van der Waals surface area contributed by atoms with E-state index in [1.807, 2.05) is 0 Å². The van der Waals surface area contributed by atoms with Crippen molar-refractivity contribution < 1.29 is 17.9 Å². The summed E-state index contributed by atoms with van der Waals surface area (Å²) in [6, 6.07) is 14.1. The molecule has 0 atom stereocenters. The molecule has 0 aliphatic rings. The van der Waals surface area contributed by atoms with E-state index in [0.29, 0.717) is 16.3 Å². The van der Waals surface area contributed by atoms with Crippen molar-refractivity contribution in [2.75, 3.05) is 23.3 Å². The standard InChI is InChI=1S/C23H21Cl3N2O4S/c1-14-4-9-21(32-3)22(10-14)33(30,31)28(17-6-7-18(25)19(26)12-17)13-23(29)27-20-8-5-16(24)11-15(20)2/h4-12H,13H2,1-3H3,(H,27,29). The predicted octanol–water partition coefficient (Wildman–Crippen LogP) is 6.11. The number of carbonyl (C=O) groups is 1. The molecular weight excluding hydrogens is 507 g/mol. The van der Waals surface area contributed by atoms with Crippen molar-refractivity contribution in [3.63, 3.8) is 0 Å². The predicted molar refractivity (Wildman–Crippen MR) is 134 cm³/mol. The number of hydrogen-bond acceptors (Lipinski definition) is 4. The summed E-state index contributed by atoms with van der Waals surface area (Å²) in [6.45, 7) is 3.03. The molecule has 1 amide bonds. The van der Waals surface area contributed by atoms with Gasteiger partial charge in [-0.05, 0) is 73.5 Å². The first kappa shape index (κ1) is 25.2. The van der Waals surface area contributed by atoms with Crippen LogP contribution < -0.4 is 14.4 Å². The van der Waals surface area contributed by atoms with Gasteiger partial charge < -0.3 is 10.1 Å². The highest BCUT2D eigenvalue weighted by Gasteiger charge is 2.30. The Labute approximate surface area is 208 Å². The van der Waals surface area contributed by atoms with Gasteiger partial charge in [0.2, 0.25) is 5.91 Å². The van der Waals surface area contributed by atoms with Crippen LogP contribution in [0, 0.1) is 13.8 Å². The van der Waals surface area contributed by atoms with Gasteiger partial charge in [0.25, 0.3) is 10.0 Å². The molecular formula is C23H21Cl3N2O4S. The molecule has 1 N–H and O–H groups in total. The maximum atomic E-state index is 13.7. The first-order chi connectivity index (χ1) is 15.5. The minimum atomic E-state index is -4.23. The minimum Gasteiger partial charge on any atom is -0.495 e. The van der Waals surface area contributed by atoms with Crippen LogP contribution in [-0.4, -0.2) is 28.0 Å². The van der Waals surface area contributed by atoms with Crippen molar-refractivity contribution in [1.29, 1.82) is 0 Å². The Balaban J connectivity index is 2.05. The number of aryl methyl sites for hydroxylation is 2. The van der Waals surface area contributed by atoms with E-state index in [0.717, 1.165) is 9.87 Å². The summed E-state index contributed by atoms with van der Waals surface area (Å²) in [4.78, 5) is 12.9. The SMILES string of the molecule is COc1ccc(C)cc1S(=O)(=O)N(CC(=O)Nc1ccc(Cl)cc1C)c1ccc(Cl)c(Cl)c1. The van der Waals surface area contributed by atoms with Gasteiger partial charge in [0.1, 0.15) is 17.2 Å². The van der Waals surface area contributed by atoms with Gasteiger partial charge in [-0.2, -0.15) is 0 Å². The first-order valence-corrected chi connectivity index (χ1v) is 12.3. The van der Waals surface area contributed by atoms with E-state index in [2.05, 4.69) is 5.32 Å². The topological polar surface area (TPSA) is 75.7 Å². The molecule has 0 spiro atoms. The Kier molecular flexibility index (Phi) is 7.80. The first-order valence-electron chi connectivity index (χ1n) is 9.71. The molecule has 0 fully saturated rings. The average Bonchev–Trinajstić information content (AvgIpc) is 2.76. The number of sulfonamides is 1. The van der Waals surface area contributed by atoms with Crippen LogP contribution in [0.5, 0.6) is 5.75 Å². The Morgan fingerprint density at radius 2 is 1.70 bits per heavy atom. The number of benzene rings is 3. The van der Waals surface area contributed by atoms with E-state index in [9.17, 15) is 13.2 Å². The maximum absolute atomic E-state index is 13.7. The van der Waals surface area contributed by atoms with E-state index >= 15 is 0 Å². The quantitative estimate of drug-likeness (QED) is 0.402. The van der Waals surface area contributed by atoms with Crippen molar-refractivity contribution in [3.05, 3.63) is 80.8 Å². The molecule has 3 aromatic rings. The van der Waals surface area contributed by atoms with Gasteiger partial charge in [-0.3, -0.25) is 9.10 Å². The lowest BCUT2D eigenvalue weighted by Crippen LogP contribution is -2.38. The highest BCUT2D eigenvalue weighted by atomic mass is 35.5. The molecule has 0 aliphatic heterocycles. The summed E-state index contributed by atoms with van der Waals surface area (Å²) >= 11 is 18.1. The largest absolute Gasteiger partial charge is 0.495 e. The Morgan fingerprint density at radius 3 is 2.33 bits per heavy atom. The summed E-state index contributed by atoms with van der Waals surface area (Å²) in [5.74, 6) is -0.402. The number of nitrogens with zero attached hydrogens (tertiary/aromatic N) is 1. The zero-order chi connectivity index (χ0) is 24.3. The molecule has 0 radical (unpaired) electrons. The molecule has 0 unspecified atom stereocenters. The van der Waals surface area contributed by atoms with Gasteiger partial charge in [0, 0.05) is 10.7 Å². The van der Waals surface area contributed by atoms with E-state index < -0.39 is 22.5 Å². The van der Waals surface area contributed by atoms with E-state index in [4.69, 9.17) is 39.5 Å². The van der Waals surface area contributed by atoms with Crippen molar-refractivity contribution in [2.45, 2.75) is 18.7 Å². The summed E-state index contributed by atoms with van der Waals surface area (Å²) in [5.41, 5.74) is 2.14. The molecule has 6 nitrogen and oxygen atoms in total. The van der Waals surface area contributed by atoms with Crippen LogP contribution >= 0.6 is 34.8 Å². The summed E-state index contributed by atoms with van der Waals surface area (Å²) in [5, 5.41) is 3.67. The van der Waals surface area contributed by atoms with Crippen LogP contribution in [0.3, 0.4) is 0 Å². The van der Waals surface area contributed by atoms with Crippen LogP contribution in [0.25, 0.3) is 0 Å². The maximum Gasteiger partial charge on any atom is 0.268 e. The fourth-order valence-corrected chi connectivity index (χ4v) is 5.32. The molecule has 3 rings (SSSR count). The van der Waals surface area contributed by atoms with E-state index in [1.54, 1.807) is 44.2 Å². The van der Waals surface area contributed by atoms with Crippen LogP contribution in [0.15, 0.2) is 59.5 Å². The third kappa shape index (κ3) is 5.73. The van der Waals surface area contributed by atoms with E-state index in [1.165, 1.54) is 31.4 Å². The highest BCUT2D eigenvalue weighted by Crippen LogP contribution is 2.34. The van der Waals surface area contributed by atoms with Gasteiger partial charge in [-0.15, -0.1) is 0 Å². The molecule has 0 aliphatic carbocycles. The normalized spacial score (nSPS) is 11.2. The lowest BCUT2D eigenvalue weighted by molar-refractivity contribution is -0.114. The number of carbonyl (C=O) groups excluding carboxylic acids is 1. The zero-order valence-corrected chi connectivity index (χ0v) is 21.1. The van der Waals surface area contributed by atoms with Crippen molar-refractivity contribution in [2.24, 2.45) is 0 Å². The fourth-order valence-electron chi connectivity index (χ4n) is 3.15. The lowest BCUT2D eigenvalue weighted by Gasteiger charge is -2.25. The van der Waals surface area contributed by atoms with Crippen molar-refractivity contribution in [3.8, 4) is 5.75 Å². The molecule has 0 heterocycles. The Bertz CT molecular complexity index is 1310. The number of anilines is 2. The number of hydrogen-bond donors (Lipinski definition) is 1. The fraction of sp³-hybridized carbons (Fsp3) is 0.174. The number of rotatable bonds is 7. The number of amides is 1.